The summed E-state index contributed by atoms with van der Waals surface area (Å²) in [5.74, 6) is -0.713. The van der Waals surface area contributed by atoms with Crippen molar-refractivity contribution in [3.8, 4) is 5.69 Å². The summed E-state index contributed by atoms with van der Waals surface area (Å²) in [6.45, 7) is 5.36. The highest BCUT2D eigenvalue weighted by Crippen LogP contribution is 2.28. The summed E-state index contributed by atoms with van der Waals surface area (Å²) in [6, 6.07) is 16.8. The van der Waals surface area contributed by atoms with Gasteiger partial charge in [-0.1, -0.05) is 59.3 Å². The highest BCUT2D eigenvalue weighted by Gasteiger charge is 2.23. The van der Waals surface area contributed by atoms with Crippen LogP contribution in [0.25, 0.3) is 5.69 Å². The summed E-state index contributed by atoms with van der Waals surface area (Å²) in [6.07, 6.45) is 0. The SMILES string of the molecule is Cc1ccccc1NC(=O)c1sc(NC(=O)c2c(C)nn(-c3ccccc3)c2Cl)nc1C. The average molecular weight is 466 g/mol. The molecule has 9 heteroatoms. The zero-order valence-corrected chi connectivity index (χ0v) is 19.2. The number of amides is 2. The lowest BCUT2D eigenvalue weighted by Crippen LogP contribution is -2.13. The number of halogens is 1. The molecule has 2 heterocycles. The van der Waals surface area contributed by atoms with Crippen molar-refractivity contribution < 1.29 is 9.59 Å². The molecule has 0 radical (unpaired) electrons. The van der Waals surface area contributed by atoms with Gasteiger partial charge in [-0.05, 0) is 44.5 Å². The van der Waals surface area contributed by atoms with Crippen LogP contribution in [0, 0.1) is 20.8 Å². The van der Waals surface area contributed by atoms with Crippen LogP contribution in [-0.2, 0) is 0 Å². The lowest BCUT2D eigenvalue weighted by molar-refractivity contribution is 0.101. The topological polar surface area (TPSA) is 88.9 Å². The van der Waals surface area contributed by atoms with Gasteiger partial charge in [0.25, 0.3) is 11.8 Å². The fourth-order valence-corrected chi connectivity index (χ4v) is 4.42. The van der Waals surface area contributed by atoms with Crippen molar-refractivity contribution in [2.45, 2.75) is 20.8 Å². The maximum absolute atomic E-state index is 12.9. The number of aryl methyl sites for hydroxylation is 3. The van der Waals surface area contributed by atoms with E-state index in [2.05, 4.69) is 20.7 Å². The number of hydrogen-bond acceptors (Lipinski definition) is 5. The summed E-state index contributed by atoms with van der Waals surface area (Å²) in [5, 5.41) is 10.5. The van der Waals surface area contributed by atoms with E-state index < -0.39 is 5.91 Å². The monoisotopic (exact) mass is 465 g/mol. The second-order valence-electron chi connectivity index (χ2n) is 7.16. The van der Waals surface area contributed by atoms with Crippen LogP contribution in [0.4, 0.5) is 10.8 Å². The first-order chi connectivity index (χ1) is 15.3. The van der Waals surface area contributed by atoms with Crippen LogP contribution in [0.3, 0.4) is 0 Å². The van der Waals surface area contributed by atoms with Crippen LogP contribution in [0.15, 0.2) is 54.6 Å². The Morgan fingerprint density at radius 3 is 2.31 bits per heavy atom. The molecule has 2 amide bonds. The first-order valence-corrected chi connectivity index (χ1v) is 11.0. The van der Waals surface area contributed by atoms with Gasteiger partial charge >= 0.3 is 0 Å². The number of thiazole rings is 1. The molecule has 0 unspecified atom stereocenters. The predicted molar refractivity (Wildman–Crippen MR) is 127 cm³/mol. The Morgan fingerprint density at radius 1 is 0.906 bits per heavy atom. The van der Waals surface area contributed by atoms with Crippen molar-refractivity contribution in [2.24, 2.45) is 0 Å². The number of carbonyl (C=O) groups is 2. The largest absolute Gasteiger partial charge is 0.321 e. The number of para-hydroxylation sites is 2. The minimum absolute atomic E-state index is 0.206. The fourth-order valence-electron chi connectivity index (χ4n) is 3.21. The summed E-state index contributed by atoms with van der Waals surface area (Å²) >= 11 is 7.58. The highest BCUT2D eigenvalue weighted by molar-refractivity contribution is 7.17. The van der Waals surface area contributed by atoms with Crippen molar-refractivity contribution in [3.05, 3.63) is 87.1 Å². The molecule has 0 bridgehead atoms. The van der Waals surface area contributed by atoms with Crippen molar-refractivity contribution in [3.63, 3.8) is 0 Å². The first kappa shape index (κ1) is 21.7. The molecule has 32 heavy (non-hydrogen) atoms. The smallest absolute Gasteiger partial charge is 0.267 e. The number of rotatable bonds is 5. The molecule has 2 aromatic carbocycles. The molecule has 0 saturated heterocycles. The molecule has 2 N–H and O–H groups in total. The minimum atomic E-state index is -0.436. The first-order valence-electron chi connectivity index (χ1n) is 9.81. The average Bonchev–Trinajstić information content (AvgIpc) is 3.28. The Kier molecular flexibility index (Phi) is 6.07. The van der Waals surface area contributed by atoms with Gasteiger partial charge in [0.15, 0.2) is 5.13 Å². The normalized spacial score (nSPS) is 10.8. The molecular formula is C23H20ClN5O2S. The number of carbonyl (C=O) groups excluding carboxylic acids is 2. The standard InChI is InChI=1S/C23H20ClN5O2S/c1-13-9-7-8-12-17(13)26-22(31)19-15(3)25-23(32-19)27-21(30)18-14(2)28-29(20(18)24)16-10-5-4-6-11-16/h4-12H,1-3H3,(H,26,31)(H,25,27,30). The van der Waals surface area contributed by atoms with E-state index in [0.29, 0.717) is 21.4 Å². The molecule has 0 fully saturated rings. The number of benzene rings is 2. The molecule has 7 nitrogen and oxygen atoms in total. The third-order valence-corrected chi connectivity index (χ3v) is 6.27. The summed E-state index contributed by atoms with van der Waals surface area (Å²) in [4.78, 5) is 30.4. The number of nitrogens with one attached hydrogen (secondary N) is 2. The van der Waals surface area contributed by atoms with Crippen LogP contribution < -0.4 is 10.6 Å². The number of anilines is 2. The van der Waals surface area contributed by atoms with E-state index in [-0.39, 0.29) is 16.6 Å². The minimum Gasteiger partial charge on any atom is -0.321 e. The van der Waals surface area contributed by atoms with Crippen LogP contribution in [0.1, 0.15) is 37.0 Å². The Balaban J connectivity index is 1.55. The van der Waals surface area contributed by atoms with Crippen molar-refractivity contribution in [2.75, 3.05) is 10.6 Å². The van der Waals surface area contributed by atoms with Crippen LogP contribution in [0.5, 0.6) is 0 Å². The quantitative estimate of drug-likeness (QED) is 0.412. The van der Waals surface area contributed by atoms with Gasteiger partial charge in [-0.3, -0.25) is 14.9 Å². The lowest BCUT2D eigenvalue weighted by Gasteiger charge is -2.06. The van der Waals surface area contributed by atoms with Crippen LogP contribution >= 0.6 is 22.9 Å². The van der Waals surface area contributed by atoms with Gasteiger partial charge in [0, 0.05) is 5.69 Å². The molecule has 0 spiro atoms. The second kappa shape index (κ2) is 8.94. The van der Waals surface area contributed by atoms with E-state index in [1.807, 2.05) is 61.5 Å². The van der Waals surface area contributed by atoms with Crippen molar-refractivity contribution >= 4 is 45.6 Å². The molecule has 4 rings (SSSR count). The molecule has 4 aromatic rings. The van der Waals surface area contributed by atoms with Crippen molar-refractivity contribution in [1.82, 2.24) is 14.8 Å². The molecular weight excluding hydrogens is 446 g/mol. The zero-order valence-electron chi connectivity index (χ0n) is 17.6. The molecule has 0 aliphatic carbocycles. The van der Waals surface area contributed by atoms with E-state index in [0.717, 1.165) is 28.3 Å². The lowest BCUT2D eigenvalue weighted by atomic mass is 10.2. The van der Waals surface area contributed by atoms with E-state index in [1.54, 1.807) is 13.8 Å². The van der Waals surface area contributed by atoms with Gasteiger partial charge in [-0.15, -0.1) is 0 Å². The van der Waals surface area contributed by atoms with Gasteiger partial charge in [-0.25, -0.2) is 9.67 Å². The van der Waals surface area contributed by atoms with Crippen LogP contribution in [-0.4, -0.2) is 26.6 Å². The van der Waals surface area contributed by atoms with E-state index >= 15 is 0 Å². The third-order valence-electron chi connectivity index (χ3n) is 4.85. The summed E-state index contributed by atoms with van der Waals surface area (Å²) < 4.78 is 1.51. The molecule has 2 aromatic heterocycles. The number of aromatic nitrogens is 3. The molecule has 0 aliphatic heterocycles. The van der Waals surface area contributed by atoms with E-state index in [4.69, 9.17) is 11.6 Å². The van der Waals surface area contributed by atoms with Crippen molar-refractivity contribution in [1.29, 1.82) is 0 Å². The maximum Gasteiger partial charge on any atom is 0.267 e. The van der Waals surface area contributed by atoms with Gasteiger partial charge in [0.05, 0.1) is 17.1 Å². The molecule has 0 aliphatic rings. The Morgan fingerprint density at radius 2 is 1.59 bits per heavy atom. The molecule has 162 valence electrons. The molecule has 0 atom stereocenters. The predicted octanol–water partition coefficient (Wildman–Crippen LogP) is 5.41. The maximum atomic E-state index is 12.9. The third kappa shape index (κ3) is 4.28. The highest BCUT2D eigenvalue weighted by atomic mass is 35.5. The number of nitrogens with zero attached hydrogens (tertiary/aromatic N) is 3. The number of hydrogen-bond donors (Lipinski definition) is 2. The fraction of sp³-hybridized carbons (Fsp3) is 0.130. The van der Waals surface area contributed by atoms with E-state index in [1.165, 1.54) is 4.68 Å². The Hall–Kier alpha value is -3.49. The summed E-state index contributed by atoms with van der Waals surface area (Å²) in [5.41, 5.74) is 3.71. The zero-order chi connectivity index (χ0) is 22.8. The Labute approximate surface area is 194 Å². The van der Waals surface area contributed by atoms with Gasteiger partial charge < -0.3 is 5.32 Å². The van der Waals surface area contributed by atoms with Gasteiger partial charge in [-0.2, -0.15) is 5.10 Å². The van der Waals surface area contributed by atoms with Gasteiger partial charge in [0.1, 0.15) is 15.6 Å². The van der Waals surface area contributed by atoms with E-state index in [9.17, 15) is 9.59 Å². The Bertz CT molecular complexity index is 1310. The summed E-state index contributed by atoms with van der Waals surface area (Å²) in [7, 11) is 0. The van der Waals surface area contributed by atoms with Gasteiger partial charge in [0.2, 0.25) is 0 Å². The second-order valence-corrected chi connectivity index (χ2v) is 8.51. The molecule has 0 saturated carbocycles. The van der Waals surface area contributed by atoms with Crippen LogP contribution in [0.2, 0.25) is 5.15 Å².